The second-order valence-corrected chi connectivity index (χ2v) is 9.67. The molecule has 0 bridgehead atoms. The summed E-state index contributed by atoms with van der Waals surface area (Å²) in [5, 5.41) is 18.1. The first-order chi connectivity index (χ1) is 20.1. The van der Waals surface area contributed by atoms with Gasteiger partial charge in [0.25, 0.3) is 5.91 Å². The van der Waals surface area contributed by atoms with Gasteiger partial charge in [0.1, 0.15) is 24.0 Å². The predicted octanol–water partition coefficient (Wildman–Crippen LogP) is 6.08. The van der Waals surface area contributed by atoms with E-state index in [9.17, 15) is 10.1 Å². The van der Waals surface area contributed by atoms with Gasteiger partial charge in [-0.15, -0.1) is 0 Å². The van der Waals surface area contributed by atoms with Crippen LogP contribution in [0, 0.1) is 11.3 Å². The Labute approximate surface area is 243 Å². The number of para-hydroxylation sites is 1. The molecule has 9 heteroatoms. The van der Waals surface area contributed by atoms with Crippen molar-refractivity contribution < 1.29 is 9.53 Å². The highest BCUT2D eigenvalue weighted by Gasteiger charge is 2.15. The molecule has 0 atom stereocenters. The van der Waals surface area contributed by atoms with Crippen LogP contribution in [0.2, 0.25) is 5.02 Å². The van der Waals surface area contributed by atoms with Crippen molar-refractivity contribution in [2.45, 2.75) is 19.6 Å². The van der Waals surface area contributed by atoms with Crippen molar-refractivity contribution in [1.29, 1.82) is 5.26 Å². The summed E-state index contributed by atoms with van der Waals surface area (Å²) in [6.07, 6.45) is 9.42. The lowest BCUT2D eigenvalue weighted by molar-refractivity contribution is -0.117. The van der Waals surface area contributed by atoms with Crippen LogP contribution in [0.5, 0.6) is 5.75 Å². The number of carbonyl (C=O) groups excluding carboxylic acids is 1. The topological polar surface area (TPSA) is 97.8 Å². The van der Waals surface area contributed by atoms with Crippen LogP contribution in [0.25, 0.3) is 23.0 Å². The van der Waals surface area contributed by atoms with Crippen molar-refractivity contribution in [3.05, 3.63) is 126 Å². The number of carbonyl (C=O) groups is 1. The van der Waals surface area contributed by atoms with Crippen LogP contribution in [-0.2, 0) is 17.9 Å². The van der Waals surface area contributed by atoms with Crippen molar-refractivity contribution in [1.82, 2.24) is 24.6 Å². The molecule has 5 rings (SSSR count). The standard InChI is InChI=1S/C32H27ClN6O2/c33-28-11-7-24(8-12-28)22-41-30-13-9-25(10-14-30)31-27(21-39(37-31)29-5-2-1-3-6-29)19-26(20-34)32(40)36-15-4-17-38-18-16-35-23-38/h1-3,5-14,16,18-19,21,23H,4,15,17,22H2,(H,36,40)/b26-19+. The molecule has 2 heterocycles. The second kappa shape index (κ2) is 13.3. The molecule has 0 aliphatic heterocycles. The Balaban J connectivity index is 1.35. The van der Waals surface area contributed by atoms with Crippen LogP contribution in [0.1, 0.15) is 17.5 Å². The van der Waals surface area contributed by atoms with Crippen LogP contribution in [-0.4, -0.2) is 31.8 Å². The number of rotatable bonds is 11. The zero-order chi connectivity index (χ0) is 28.4. The third-order valence-corrected chi connectivity index (χ3v) is 6.56. The highest BCUT2D eigenvalue weighted by atomic mass is 35.5. The summed E-state index contributed by atoms with van der Waals surface area (Å²) in [6, 6.07) is 26.8. The summed E-state index contributed by atoms with van der Waals surface area (Å²) >= 11 is 5.97. The molecule has 204 valence electrons. The first-order valence-corrected chi connectivity index (χ1v) is 13.5. The molecule has 3 aromatic carbocycles. The number of nitrogens with zero attached hydrogens (tertiary/aromatic N) is 5. The molecule has 0 aliphatic carbocycles. The molecule has 2 aromatic heterocycles. The average Bonchev–Trinajstić information content (AvgIpc) is 3.69. The maximum absolute atomic E-state index is 12.8. The quantitative estimate of drug-likeness (QED) is 0.119. The van der Waals surface area contributed by atoms with E-state index in [-0.39, 0.29) is 5.57 Å². The van der Waals surface area contributed by atoms with Crippen molar-refractivity contribution in [3.63, 3.8) is 0 Å². The number of nitrogens with one attached hydrogen (secondary N) is 1. The lowest BCUT2D eigenvalue weighted by Gasteiger charge is -2.08. The van der Waals surface area contributed by atoms with E-state index in [0.29, 0.717) is 41.6 Å². The van der Waals surface area contributed by atoms with E-state index < -0.39 is 5.91 Å². The maximum atomic E-state index is 12.8. The Hall–Kier alpha value is -5.13. The minimum absolute atomic E-state index is 0.00408. The number of aryl methyl sites for hydroxylation is 1. The zero-order valence-corrected chi connectivity index (χ0v) is 22.9. The molecule has 1 N–H and O–H groups in total. The first-order valence-electron chi connectivity index (χ1n) is 13.1. The molecule has 5 aromatic rings. The van der Waals surface area contributed by atoms with Crippen molar-refractivity contribution in [2.75, 3.05) is 6.54 Å². The van der Waals surface area contributed by atoms with Crippen LogP contribution < -0.4 is 10.1 Å². The summed E-state index contributed by atoms with van der Waals surface area (Å²) in [6.45, 7) is 1.57. The highest BCUT2D eigenvalue weighted by molar-refractivity contribution is 6.30. The molecular formula is C32H27ClN6O2. The third-order valence-electron chi connectivity index (χ3n) is 6.31. The lowest BCUT2D eigenvalue weighted by Crippen LogP contribution is -2.26. The van der Waals surface area contributed by atoms with Crippen LogP contribution >= 0.6 is 11.6 Å². The van der Waals surface area contributed by atoms with Crippen LogP contribution in [0.3, 0.4) is 0 Å². The molecule has 0 saturated heterocycles. The molecule has 0 fully saturated rings. The van der Waals surface area contributed by atoms with Gasteiger partial charge >= 0.3 is 0 Å². The summed E-state index contributed by atoms with van der Waals surface area (Å²) in [5.74, 6) is 0.276. The summed E-state index contributed by atoms with van der Waals surface area (Å²) in [4.78, 5) is 16.9. The fraction of sp³-hybridized carbons (Fsp3) is 0.125. The highest BCUT2D eigenvalue weighted by Crippen LogP contribution is 2.28. The van der Waals surface area contributed by atoms with Gasteiger partial charge in [0, 0.05) is 47.8 Å². The van der Waals surface area contributed by atoms with Crippen molar-refractivity contribution in [2.24, 2.45) is 0 Å². The Bertz CT molecular complexity index is 1650. The average molecular weight is 563 g/mol. The fourth-order valence-electron chi connectivity index (χ4n) is 4.17. The second-order valence-electron chi connectivity index (χ2n) is 9.23. The number of ether oxygens (including phenoxy) is 1. The number of hydrogen-bond donors (Lipinski definition) is 1. The van der Waals surface area contributed by atoms with Crippen molar-refractivity contribution in [3.8, 4) is 28.8 Å². The van der Waals surface area contributed by atoms with Gasteiger partial charge in [-0.05, 0) is 66.6 Å². The van der Waals surface area contributed by atoms with Gasteiger partial charge in [-0.2, -0.15) is 10.4 Å². The molecule has 0 unspecified atom stereocenters. The van der Waals surface area contributed by atoms with E-state index in [2.05, 4.69) is 10.3 Å². The number of amides is 1. The van der Waals surface area contributed by atoms with E-state index >= 15 is 0 Å². The van der Waals surface area contributed by atoms with Gasteiger partial charge in [-0.3, -0.25) is 4.79 Å². The smallest absolute Gasteiger partial charge is 0.261 e. The van der Waals surface area contributed by atoms with Gasteiger partial charge in [0.15, 0.2) is 0 Å². The lowest BCUT2D eigenvalue weighted by atomic mass is 10.1. The Morgan fingerprint density at radius 2 is 1.83 bits per heavy atom. The third kappa shape index (κ3) is 7.29. The Morgan fingerprint density at radius 3 is 2.54 bits per heavy atom. The van der Waals surface area contributed by atoms with Gasteiger partial charge < -0.3 is 14.6 Å². The van der Waals surface area contributed by atoms with Gasteiger partial charge in [0.2, 0.25) is 0 Å². The molecule has 0 radical (unpaired) electrons. The minimum Gasteiger partial charge on any atom is -0.489 e. The normalized spacial score (nSPS) is 11.2. The number of hydrogen-bond acceptors (Lipinski definition) is 5. The monoisotopic (exact) mass is 562 g/mol. The van der Waals surface area contributed by atoms with Crippen LogP contribution in [0.4, 0.5) is 0 Å². The zero-order valence-electron chi connectivity index (χ0n) is 22.2. The van der Waals surface area contributed by atoms with E-state index in [4.69, 9.17) is 21.4 Å². The maximum Gasteiger partial charge on any atom is 0.261 e. The summed E-state index contributed by atoms with van der Waals surface area (Å²) < 4.78 is 9.61. The van der Waals surface area contributed by atoms with Crippen molar-refractivity contribution >= 4 is 23.6 Å². The predicted molar refractivity (Wildman–Crippen MR) is 158 cm³/mol. The van der Waals surface area contributed by atoms with Gasteiger partial charge in [-0.1, -0.05) is 41.9 Å². The van der Waals surface area contributed by atoms with E-state index in [1.807, 2.05) is 102 Å². The summed E-state index contributed by atoms with van der Waals surface area (Å²) in [5.41, 5.74) is 3.98. The first kappa shape index (κ1) is 27.4. The molecule has 8 nitrogen and oxygen atoms in total. The molecule has 0 saturated carbocycles. The Morgan fingerprint density at radius 1 is 1.05 bits per heavy atom. The van der Waals surface area contributed by atoms with E-state index in [1.54, 1.807) is 23.3 Å². The Kier molecular flexibility index (Phi) is 8.89. The molecule has 0 aliphatic rings. The van der Waals surface area contributed by atoms with E-state index in [0.717, 1.165) is 23.4 Å². The number of nitriles is 1. The number of benzene rings is 3. The van der Waals surface area contributed by atoms with Gasteiger partial charge in [-0.25, -0.2) is 9.67 Å². The van der Waals surface area contributed by atoms with Gasteiger partial charge in [0.05, 0.1) is 17.7 Å². The molecule has 41 heavy (non-hydrogen) atoms. The van der Waals surface area contributed by atoms with E-state index in [1.165, 1.54) is 0 Å². The SMILES string of the molecule is N#C/C(=C\c1cn(-c2ccccc2)nc1-c1ccc(OCc2ccc(Cl)cc2)cc1)C(=O)NCCCn1ccnc1. The summed E-state index contributed by atoms with van der Waals surface area (Å²) in [7, 11) is 0. The molecule has 1 amide bonds. The largest absolute Gasteiger partial charge is 0.489 e. The number of aromatic nitrogens is 4. The molecular weight excluding hydrogens is 536 g/mol. The fourth-order valence-corrected chi connectivity index (χ4v) is 4.29. The number of imidazole rings is 1. The number of halogens is 1. The van der Waals surface area contributed by atoms with Crippen LogP contribution in [0.15, 0.2) is 109 Å². The minimum atomic E-state index is -0.428. The molecule has 0 spiro atoms.